The average molecular weight is 354 g/mol. The molecule has 1 aliphatic carbocycles. The van der Waals surface area contributed by atoms with E-state index in [-0.39, 0.29) is 18.6 Å². The lowest BCUT2D eigenvalue weighted by Gasteiger charge is -2.22. The Hall–Kier alpha value is -2.43. The third kappa shape index (κ3) is 4.03. The van der Waals surface area contributed by atoms with Gasteiger partial charge in [-0.25, -0.2) is 4.79 Å². The van der Waals surface area contributed by atoms with Crippen molar-refractivity contribution in [3.8, 4) is 0 Å². The average Bonchev–Trinajstić information content (AvgIpc) is 2.66. The number of rotatable bonds is 5. The molecule has 3 rings (SSSR count). The third-order valence-electron chi connectivity index (χ3n) is 5.07. The number of amides is 1. The molecule has 1 saturated carbocycles. The van der Waals surface area contributed by atoms with E-state index < -0.39 is 5.97 Å². The highest BCUT2D eigenvalue weighted by molar-refractivity contribution is 5.99. The largest absolute Gasteiger partial charge is 0.452 e. The molecule has 0 atom stereocenters. The Balaban J connectivity index is 1.71. The molecule has 0 bridgehead atoms. The van der Waals surface area contributed by atoms with Crippen molar-refractivity contribution in [3.05, 3.63) is 41.1 Å². The fourth-order valence-electron chi connectivity index (χ4n) is 3.69. The van der Waals surface area contributed by atoms with Gasteiger partial charge in [0.2, 0.25) is 0 Å². The van der Waals surface area contributed by atoms with E-state index >= 15 is 0 Å². The van der Waals surface area contributed by atoms with Crippen molar-refractivity contribution in [2.45, 2.75) is 58.4 Å². The Morgan fingerprint density at radius 3 is 2.65 bits per heavy atom. The number of carbonyl (C=O) groups is 2. The van der Waals surface area contributed by atoms with E-state index in [4.69, 9.17) is 4.74 Å². The molecule has 138 valence electrons. The number of hydrogen-bond donors (Lipinski definition) is 1. The van der Waals surface area contributed by atoms with E-state index in [0.29, 0.717) is 17.7 Å². The van der Waals surface area contributed by atoms with E-state index in [1.807, 2.05) is 38.1 Å². The summed E-state index contributed by atoms with van der Waals surface area (Å²) in [5.41, 5.74) is 2.91. The van der Waals surface area contributed by atoms with Crippen LogP contribution in [0.3, 0.4) is 0 Å². The second kappa shape index (κ2) is 8.30. The summed E-state index contributed by atoms with van der Waals surface area (Å²) >= 11 is 0. The van der Waals surface area contributed by atoms with Crippen LogP contribution >= 0.6 is 0 Å². The summed E-state index contributed by atoms with van der Waals surface area (Å²) < 4.78 is 5.31. The molecule has 1 aromatic heterocycles. The van der Waals surface area contributed by atoms with Gasteiger partial charge in [0, 0.05) is 11.4 Å². The summed E-state index contributed by atoms with van der Waals surface area (Å²) in [6.07, 6.45) is 6.17. The summed E-state index contributed by atoms with van der Waals surface area (Å²) in [5, 5.41) is 3.90. The van der Waals surface area contributed by atoms with Crippen LogP contribution in [0.2, 0.25) is 0 Å². The zero-order valence-corrected chi connectivity index (χ0v) is 15.5. The molecule has 1 amide bonds. The van der Waals surface area contributed by atoms with Crippen LogP contribution in [0.4, 0.5) is 0 Å². The van der Waals surface area contributed by atoms with Crippen LogP contribution in [-0.2, 0) is 16.0 Å². The number of esters is 1. The molecule has 1 aliphatic rings. The number of benzene rings is 1. The van der Waals surface area contributed by atoms with Crippen molar-refractivity contribution in [2.24, 2.45) is 0 Å². The van der Waals surface area contributed by atoms with Gasteiger partial charge in [0.1, 0.15) is 0 Å². The number of aryl methyl sites for hydroxylation is 2. The van der Waals surface area contributed by atoms with Crippen molar-refractivity contribution < 1.29 is 14.3 Å². The van der Waals surface area contributed by atoms with Gasteiger partial charge in [0.15, 0.2) is 6.61 Å². The predicted octanol–water partition coefficient (Wildman–Crippen LogP) is 3.71. The zero-order valence-electron chi connectivity index (χ0n) is 15.5. The second-order valence-corrected chi connectivity index (χ2v) is 6.91. The molecule has 5 heteroatoms. The maximum absolute atomic E-state index is 12.6. The predicted molar refractivity (Wildman–Crippen MR) is 101 cm³/mol. The van der Waals surface area contributed by atoms with Crippen LogP contribution in [-0.4, -0.2) is 29.5 Å². The van der Waals surface area contributed by atoms with Gasteiger partial charge < -0.3 is 10.1 Å². The number of carbonyl (C=O) groups excluding carboxylic acids is 2. The van der Waals surface area contributed by atoms with E-state index in [9.17, 15) is 9.59 Å². The summed E-state index contributed by atoms with van der Waals surface area (Å²) in [6, 6.07) is 7.96. The third-order valence-corrected chi connectivity index (χ3v) is 5.07. The molecule has 1 fully saturated rings. The first-order valence-corrected chi connectivity index (χ1v) is 9.44. The molecule has 0 aliphatic heterocycles. The lowest BCUT2D eigenvalue weighted by atomic mass is 9.95. The molecule has 0 spiro atoms. The highest BCUT2D eigenvalue weighted by atomic mass is 16.5. The van der Waals surface area contributed by atoms with Gasteiger partial charge in [0.05, 0.1) is 16.8 Å². The molecular weight excluding hydrogens is 328 g/mol. The van der Waals surface area contributed by atoms with Crippen LogP contribution in [0, 0.1) is 6.92 Å². The maximum atomic E-state index is 12.6. The highest BCUT2D eigenvalue weighted by Crippen LogP contribution is 2.24. The minimum absolute atomic E-state index is 0.213. The molecule has 0 unspecified atom stereocenters. The smallest absolute Gasteiger partial charge is 0.340 e. The molecule has 2 aromatic rings. The van der Waals surface area contributed by atoms with E-state index in [0.717, 1.165) is 42.1 Å². The van der Waals surface area contributed by atoms with Crippen molar-refractivity contribution >= 4 is 22.8 Å². The van der Waals surface area contributed by atoms with Crippen LogP contribution in [0.15, 0.2) is 24.3 Å². The highest BCUT2D eigenvalue weighted by Gasteiger charge is 2.21. The lowest BCUT2D eigenvalue weighted by Crippen LogP contribution is -2.38. The molecule has 1 N–H and O–H groups in total. The van der Waals surface area contributed by atoms with Gasteiger partial charge in [-0.3, -0.25) is 9.78 Å². The fourth-order valence-corrected chi connectivity index (χ4v) is 3.69. The Bertz CT molecular complexity index is 810. The minimum atomic E-state index is -0.476. The zero-order chi connectivity index (χ0) is 18.5. The topological polar surface area (TPSA) is 68.3 Å². The number of nitrogens with one attached hydrogen (secondary N) is 1. The van der Waals surface area contributed by atoms with Gasteiger partial charge in [-0.1, -0.05) is 44.4 Å². The number of ether oxygens (including phenoxy) is 1. The quantitative estimate of drug-likeness (QED) is 0.831. The molecule has 26 heavy (non-hydrogen) atoms. The number of para-hydroxylation sites is 1. The van der Waals surface area contributed by atoms with Gasteiger partial charge >= 0.3 is 5.97 Å². The van der Waals surface area contributed by atoms with Crippen molar-refractivity contribution in [3.63, 3.8) is 0 Å². The molecule has 1 heterocycles. The second-order valence-electron chi connectivity index (χ2n) is 6.91. The fraction of sp³-hybridized carbons (Fsp3) is 0.476. The standard InChI is InChI=1S/C21H26N2O3/c1-3-17-20(14(2)16-11-7-8-12-18(16)23-17)21(25)26-13-19(24)22-15-9-5-4-6-10-15/h7-8,11-12,15H,3-6,9-10,13H2,1-2H3,(H,22,24). The van der Waals surface area contributed by atoms with E-state index in [2.05, 4.69) is 10.3 Å². The van der Waals surface area contributed by atoms with Gasteiger partial charge in [-0.15, -0.1) is 0 Å². The normalized spacial score (nSPS) is 15.0. The number of pyridine rings is 1. The van der Waals surface area contributed by atoms with Crippen LogP contribution in [0.25, 0.3) is 10.9 Å². The summed E-state index contributed by atoms with van der Waals surface area (Å²) in [4.78, 5) is 29.3. The molecular formula is C21H26N2O3. The van der Waals surface area contributed by atoms with Crippen LogP contribution in [0.5, 0.6) is 0 Å². The SMILES string of the molecule is CCc1nc2ccccc2c(C)c1C(=O)OCC(=O)NC1CCCCC1. The summed E-state index contributed by atoms with van der Waals surface area (Å²) in [6.45, 7) is 3.62. The van der Waals surface area contributed by atoms with Crippen molar-refractivity contribution in [2.75, 3.05) is 6.61 Å². The monoisotopic (exact) mass is 354 g/mol. The summed E-state index contributed by atoms with van der Waals surface area (Å²) in [5.74, 6) is -0.703. The van der Waals surface area contributed by atoms with Crippen LogP contribution in [0.1, 0.15) is 60.6 Å². The van der Waals surface area contributed by atoms with Crippen molar-refractivity contribution in [1.82, 2.24) is 10.3 Å². The number of fused-ring (bicyclic) bond motifs is 1. The van der Waals surface area contributed by atoms with Gasteiger partial charge in [0.25, 0.3) is 5.91 Å². The molecule has 0 saturated heterocycles. The number of hydrogen-bond acceptors (Lipinski definition) is 4. The van der Waals surface area contributed by atoms with Crippen molar-refractivity contribution in [1.29, 1.82) is 0 Å². The maximum Gasteiger partial charge on any atom is 0.340 e. The molecule has 5 nitrogen and oxygen atoms in total. The Morgan fingerprint density at radius 2 is 1.92 bits per heavy atom. The number of aromatic nitrogens is 1. The first-order valence-electron chi connectivity index (χ1n) is 9.44. The molecule has 1 aromatic carbocycles. The van der Waals surface area contributed by atoms with E-state index in [1.165, 1.54) is 6.42 Å². The lowest BCUT2D eigenvalue weighted by molar-refractivity contribution is -0.125. The Labute approximate surface area is 154 Å². The first-order chi connectivity index (χ1) is 12.6. The van der Waals surface area contributed by atoms with E-state index in [1.54, 1.807) is 0 Å². The summed E-state index contributed by atoms with van der Waals surface area (Å²) in [7, 11) is 0. The Kier molecular flexibility index (Phi) is 5.86. The number of nitrogens with zero attached hydrogens (tertiary/aromatic N) is 1. The minimum Gasteiger partial charge on any atom is -0.452 e. The van der Waals surface area contributed by atoms with Gasteiger partial charge in [-0.05, 0) is 37.8 Å². The van der Waals surface area contributed by atoms with Crippen LogP contribution < -0.4 is 5.32 Å². The first kappa shape index (κ1) is 18.4. The van der Waals surface area contributed by atoms with Gasteiger partial charge in [-0.2, -0.15) is 0 Å². The molecule has 0 radical (unpaired) electrons. The Morgan fingerprint density at radius 1 is 1.19 bits per heavy atom.